The summed E-state index contributed by atoms with van der Waals surface area (Å²) < 4.78 is 0. The topological polar surface area (TPSA) is 38.9 Å². The van der Waals surface area contributed by atoms with Gasteiger partial charge < -0.3 is 5.73 Å². The second-order valence-corrected chi connectivity index (χ2v) is 5.66. The van der Waals surface area contributed by atoms with E-state index < -0.39 is 0 Å². The van der Waals surface area contributed by atoms with E-state index in [9.17, 15) is 0 Å². The lowest BCUT2D eigenvalue weighted by Gasteiger charge is -2.16. The highest BCUT2D eigenvalue weighted by atomic mass is 35.5. The van der Waals surface area contributed by atoms with Gasteiger partial charge in [-0.05, 0) is 48.2 Å². The molecule has 21 heavy (non-hydrogen) atoms. The zero-order chi connectivity index (χ0) is 14.8. The van der Waals surface area contributed by atoms with Crippen LogP contribution in [0.2, 0.25) is 5.02 Å². The van der Waals surface area contributed by atoms with Crippen molar-refractivity contribution in [3.05, 3.63) is 76.4 Å². The van der Waals surface area contributed by atoms with Crippen molar-refractivity contribution in [2.75, 3.05) is 0 Å². The van der Waals surface area contributed by atoms with Gasteiger partial charge in [-0.3, -0.25) is 4.98 Å². The molecule has 0 saturated heterocycles. The monoisotopic (exact) mass is 296 g/mol. The van der Waals surface area contributed by atoms with Gasteiger partial charge in [0.1, 0.15) is 0 Å². The average molecular weight is 297 g/mol. The minimum atomic E-state index is -0.0745. The Morgan fingerprint density at radius 3 is 2.76 bits per heavy atom. The number of hydrogen-bond donors (Lipinski definition) is 1. The molecule has 0 bridgehead atoms. The lowest BCUT2D eigenvalue weighted by molar-refractivity contribution is 0.719. The van der Waals surface area contributed by atoms with Gasteiger partial charge in [-0.25, -0.2) is 0 Å². The van der Waals surface area contributed by atoms with Crippen LogP contribution in [0.1, 0.15) is 22.7 Å². The lowest BCUT2D eigenvalue weighted by Crippen LogP contribution is -2.15. The molecule has 0 fully saturated rings. The van der Waals surface area contributed by atoms with Gasteiger partial charge in [0.25, 0.3) is 0 Å². The summed E-state index contributed by atoms with van der Waals surface area (Å²) >= 11 is 6.19. The molecular formula is C18H17ClN2. The number of nitrogens with two attached hydrogens (primary N) is 1. The molecule has 3 rings (SSSR count). The summed E-state index contributed by atoms with van der Waals surface area (Å²) in [7, 11) is 0. The summed E-state index contributed by atoms with van der Waals surface area (Å²) in [6.07, 6.45) is 2.61. The number of benzene rings is 2. The Morgan fingerprint density at radius 2 is 1.90 bits per heavy atom. The number of pyridine rings is 1. The van der Waals surface area contributed by atoms with Crippen molar-refractivity contribution in [2.45, 2.75) is 19.4 Å². The third kappa shape index (κ3) is 2.78. The van der Waals surface area contributed by atoms with Gasteiger partial charge in [0.15, 0.2) is 0 Å². The Hall–Kier alpha value is -1.90. The minimum Gasteiger partial charge on any atom is -0.324 e. The van der Waals surface area contributed by atoms with Gasteiger partial charge in [0.05, 0.1) is 5.52 Å². The van der Waals surface area contributed by atoms with Crippen LogP contribution in [0.4, 0.5) is 0 Å². The fourth-order valence-corrected chi connectivity index (χ4v) is 2.89. The summed E-state index contributed by atoms with van der Waals surface area (Å²) in [5.41, 5.74) is 10.8. The molecule has 0 saturated carbocycles. The number of nitrogens with zero attached hydrogens (tertiary/aromatic N) is 1. The maximum atomic E-state index is 6.41. The van der Waals surface area contributed by atoms with Crippen molar-refractivity contribution in [1.29, 1.82) is 0 Å². The van der Waals surface area contributed by atoms with Gasteiger partial charge in [-0.1, -0.05) is 41.9 Å². The molecule has 0 radical (unpaired) electrons. The molecule has 1 heterocycles. The second kappa shape index (κ2) is 5.84. The quantitative estimate of drug-likeness (QED) is 0.776. The van der Waals surface area contributed by atoms with Crippen molar-refractivity contribution in [3.63, 3.8) is 0 Å². The molecule has 1 aromatic heterocycles. The molecule has 0 aliphatic carbocycles. The molecule has 0 amide bonds. The van der Waals surface area contributed by atoms with Crippen LogP contribution >= 0.6 is 11.6 Å². The van der Waals surface area contributed by atoms with Gasteiger partial charge >= 0.3 is 0 Å². The van der Waals surface area contributed by atoms with Crippen molar-refractivity contribution >= 4 is 22.5 Å². The van der Waals surface area contributed by atoms with E-state index in [0.29, 0.717) is 0 Å². The average Bonchev–Trinajstić information content (AvgIpc) is 2.50. The van der Waals surface area contributed by atoms with Crippen LogP contribution in [0, 0.1) is 6.92 Å². The fourth-order valence-electron chi connectivity index (χ4n) is 2.71. The maximum Gasteiger partial charge on any atom is 0.0704 e. The van der Waals surface area contributed by atoms with E-state index >= 15 is 0 Å². The van der Waals surface area contributed by atoms with Crippen molar-refractivity contribution in [1.82, 2.24) is 4.98 Å². The highest BCUT2D eigenvalue weighted by molar-refractivity contribution is 6.31. The first-order chi connectivity index (χ1) is 10.2. The lowest BCUT2D eigenvalue weighted by atomic mass is 9.94. The molecule has 106 valence electrons. The smallest absolute Gasteiger partial charge is 0.0704 e. The summed E-state index contributed by atoms with van der Waals surface area (Å²) in [5, 5.41) is 1.93. The van der Waals surface area contributed by atoms with Crippen LogP contribution in [-0.4, -0.2) is 4.98 Å². The molecule has 2 nitrogen and oxygen atoms in total. The standard InChI is InChI=1S/C18H17ClN2/c1-12-14(6-4-7-16(12)19)17(20)11-13-9-10-21-18-8-3-2-5-15(13)18/h2-10,17H,11,20H2,1H3. The third-order valence-corrected chi connectivity index (χ3v) is 4.30. The van der Waals surface area contributed by atoms with Crippen LogP contribution in [0.15, 0.2) is 54.7 Å². The number of fused-ring (bicyclic) bond motifs is 1. The molecule has 0 aliphatic rings. The minimum absolute atomic E-state index is 0.0745. The molecule has 2 aromatic carbocycles. The Kier molecular flexibility index (Phi) is 3.91. The highest BCUT2D eigenvalue weighted by Crippen LogP contribution is 2.27. The number of rotatable bonds is 3. The van der Waals surface area contributed by atoms with Gasteiger partial charge in [-0.15, -0.1) is 0 Å². The van der Waals surface area contributed by atoms with Gasteiger partial charge in [-0.2, -0.15) is 0 Å². The first kappa shape index (κ1) is 14.1. The van der Waals surface area contributed by atoms with Gasteiger partial charge in [0, 0.05) is 22.6 Å². The number of halogens is 1. The van der Waals surface area contributed by atoms with E-state index in [1.54, 1.807) is 0 Å². The van der Waals surface area contributed by atoms with E-state index in [0.717, 1.165) is 33.5 Å². The second-order valence-electron chi connectivity index (χ2n) is 5.25. The first-order valence-corrected chi connectivity index (χ1v) is 7.38. The largest absolute Gasteiger partial charge is 0.324 e. The van der Waals surface area contributed by atoms with Gasteiger partial charge in [0.2, 0.25) is 0 Å². The summed E-state index contributed by atoms with van der Waals surface area (Å²) in [6.45, 7) is 2.02. The Balaban J connectivity index is 1.97. The molecule has 3 aromatic rings. The van der Waals surface area contributed by atoms with E-state index in [4.69, 9.17) is 17.3 Å². The molecule has 1 unspecified atom stereocenters. The van der Waals surface area contributed by atoms with Crippen LogP contribution in [0.3, 0.4) is 0 Å². The van der Waals surface area contributed by atoms with Crippen LogP contribution in [-0.2, 0) is 6.42 Å². The first-order valence-electron chi connectivity index (χ1n) is 7.00. The van der Waals surface area contributed by atoms with Crippen molar-refractivity contribution < 1.29 is 0 Å². The molecular weight excluding hydrogens is 280 g/mol. The maximum absolute atomic E-state index is 6.41. The SMILES string of the molecule is Cc1c(Cl)cccc1C(N)Cc1ccnc2ccccc12. The van der Waals surface area contributed by atoms with Crippen molar-refractivity contribution in [2.24, 2.45) is 5.73 Å². The summed E-state index contributed by atoms with van der Waals surface area (Å²) in [6, 6.07) is 16.0. The predicted octanol–water partition coefficient (Wildman–Crippen LogP) is 4.44. The van der Waals surface area contributed by atoms with E-state index in [2.05, 4.69) is 17.1 Å². The molecule has 0 spiro atoms. The normalized spacial score (nSPS) is 12.5. The zero-order valence-corrected chi connectivity index (χ0v) is 12.6. The highest BCUT2D eigenvalue weighted by Gasteiger charge is 2.13. The predicted molar refractivity (Wildman–Crippen MR) is 88.6 cm³/mol. The van der Waals surface area contributed by atoms with Crippen LogP contribution in [0.5, 0.6) is 0 Å². The molecule has 0 aliphatic heterocycles. The van der Waals surface area contributed by atoms with E-state index in [1.165, 1.54) is 5.56 Å². The summed E-state index contributed by atoms with van der Waals surface area (Å²) in [5.74, 6) is 0. The molecule has 2 N–H and O–H groups in total. The number of hydrogen-bond acceptors (Lipinski definition) is 2. The summed E-state index contributed by atoms with van der Waals surface area (Å²) in [4.78, 5) is 4.39. The van der Waals surface area contributed by atoms with Crippen molar-refractivity contribution in [3.8, 4) is 0 Å². The third-order valence-electron chi connectivity index (χ3n) is 3.89. The number of aromatic nitrogens is 1. The fraction of sp³-hybridized carbons (Fsp3) is 0.167. The van der Waals surface area contributed by atoms with E-state index in [-0.39, 0.29) is 6.04 Å². The Labute approximate surface area is 129 Å². The van der Waals surface area contributed by atoms with Crippen LogP contribution in [0.25, 0.3) is 10.9 Å². The zero-order valence-electron chi connectivity index (χ0n) is 11.9. The molecule has 1 atom stereocenters. The van der Waals surface area contributed by atoms with Crippen LogP contribution < -0.4 is 5.73 Å². The molecule has 3 heteroatoms. The van der Waals surface area contributed by atoms with E-state index in [1.807, 2.05) is 49.5 Å². The Morgan fingerprint density at radius 1 is 1.10 bits per heavy atom. The number of para-hydroxylation sites is 1. The Bertz CT molecular complexity index is 778.